The summed E-state index contributed by atoms with van der Waals surface area (Å²) in [6.45, 7) is 0.115. The molecule has 0 radical (unpaired) electrons. The Balaban J connectivity index is 1.69. The Hall–Kier alpha value is -2.71. The van der Waals surface area contributed by atoms with Crippen molar-refractivity contribution in [2.24, 2.45) is 0 Å². The van der Waals surface area contributed by atoms with Gasteiger partial charge in [0.2, 0.25) is 0 Å². The Morgan fingerprint density at radius 1 is 1.23 bits per heavy atom. The zero-order valence-electron chi connectivity index (χ0n) is 16.7. The molecule has 1 aliphatic carbocycles. The third-order valence-electron chi connectivity index (χ3n) is 5.39. The van der Waals surface area contributed by atoms with E-state index in [0.29, 0.717) is 0 Å². The maximum atomic E-state index is 13.5. The molecule has 0 bridgehead atoms. The lowest BCUT2D eigenvalue weighted by Crippen LogP contribution is -2.49. The number of rotatable bonds is 8. The summed E-state index contributed by atoms with van der Waals surface area (Å²) < 4.78 is 32.3. The lowest BCUT2D eigenvalue weighted by molar-refractivity contribution is 0.114. The standard InChI is InChI=1S/C22H26F2N2O4/c1-30-17-6-5-14-3-2-4-19(18(14)11-17)25-12-21(27)20(26-22(28)29)9-13-7-15(23)10-16(24)8-13/h5-8,10-11,19-21,25-27H,2-4,9,12H2,1H3,(H,28,29)/t19?,20-,21-/m0/s1. The predicted octanol–water partition coefficient (Wildman–Crippen LogP) is 3.18. The van der Waals surface area contributed by atoms with Crippen LogP contribution in [0.15, 0.2) is 36.4 Å². The highest BCUT2D eigenvalue weighted by Crippen LogP contribution is 2.32. The average Bonchev–Trinajstić information content (AvgIpc) is 2.70. The summed E-state index contributed by atoms with van der Waals surface area (Å²) in [5.74, 6) is -0.750. The lowest BCUT2D eigenvalue weighted by Gasteiger charge is -2.30. The molecular formula is C22H26F2N2O4. The van der Waals surface area contributed by atoms with Crippen LogP contribution in [0.5, 0.6) is 5.75 Å². The van der Waals surface area contributed by atoms with E-state index >= 15 is 0 Å². The van der Waals surface area contributed by atoms with E-state index < -0.39 is 29.9 Å². The first kappa shape index (κ1) is 22.0. The summed E-state index contributed by atoms with van der Waals surface area (Å²) in [6.07, 6.45) is 0.380. The number of aryl methyl sites for hydroxylation is 1. The maximum Gasteiger partial charge on any atom is 0.404 e. The summed E-state index contributed by atoms with van der Waals surface area (Å²) in [6, 6.07) is 8.00. The van der Waals surface area contributed by atoms with Crippen molar-refractivity contribution in [2.75, 3.05) is 13.7 Å². The number of benzene rings is 2. The number of carboxylic acid groups (broad SMARTS) is 1. The molecular weight excluding hydrogens is 394 g/mol. The highest BCUT2D eigenvalue weighted by atomic mass is 19.1. The van der Waals surface area contributed by atoms with Crippen LogP contribution in [0.1, 0.15) is 35.6 Å². The number of hydrogen-bond acceptors (Lipinski definition) is 4. The fraction of sp³-hybridized carbons (Fsp3) is 0.409. The molecule has 0 saturated carbocycles. The van der Waals surface area contributed by atoms with Gasteiger partial charge in [-0.2, -0.15) is 0 Å². The van der Waals surface area contributed by atoms with Gasteiger partial charge in [-0.05, 0) is 66.6 Å². The summed E-state index contributed by atoms with van der Waals surface area (Å²) in [7, 11) is 1.61. The number of aliphatic hydroxyl groups is 1. The Kier molecular flexibility index (Phi) is 7.23. The van der Waals surface area contributed by atoms with Crippen LogP contribution in [0.3, 0.4) is 0 Å². The van der Waals surface area contributed by atoms with Gasteiger partial charge in [-0.25, -0.2) is 13.6 Å². The summed E-state index contributed by atoms with van der Waals surface area (Å²) in [4.78, 5) is 11.2. The van der Waals surface area contributed by atoms with Crippen molar-refractivity contribution in [3.8, 4) is 5.75 Å². The Morgan fingerprint density at radius 3 is 2.63 bits per heavy atom. The Morgan fingerprint density at radius 2 is 1.97 bits per heavy atom. The van der Waals surface area contributed by atoms with Gasteiger partial charge in [-0.15, -0.1) is 0 Å². The van der Waals surface area contributed by atoms with Crippen LogP contribution in [-0.4, -0.2) is 42.1 Å². The van der Waals surface area contributed by atoms with Crippen LogP contribution in [-0.2, 0) is 12.8 Å². The van der Waals surface area contributed by atoms with Gasteiger partial charge in [0.05, 0.1) is 19.3 Å². The molecule has 2 aromatic rings. The van der Waals surface area contributed by atoms with Crippen LogP contribution in [0.2, 0.25) is 0 Å². The molecule has 0 heterocycles. The number of nitrogens with one attached hydrogen (secondary N) is 2. The smallest absolute Gasteiger partial charge is 0.404 e. The first-order chi connectivity index (χ1) is 14.4. The van der Waals surface area contributed by atoms with Gasteiger partial charge in [0.25, 0.3) is 0 Å². The topological polar surface area (TPSA) is 90.8 Å². The Labute approximate surface area is 173 Å². The van der Waals surface area contributed by atoms with E-state index in [0.717, 1.165) is 48.8 Å². The molecule has 6 nitrogen and oxygen atoms in total. The molecule has 162 valence electrons. The lowest BCUT2D eigenvalue weighted by atomic mass is 9.87. The van der Waals surface area contributed by atoms with Crippen LogP contribution >= 0.6 is 0 Å². The molecule has 0 aromatic heterocycles. The first-order valence-corrected chi connectivity index (χ1v) is 9.88. The molecule has 0 spiro atoms. The van der Waals surface area contributed by atoms with Crippen LogP contribution < -0.4 is 15.4 Å². The van der Waals surface area contributed by atoms with Crippen molar-refractivity contribution in [3.63, 3.8) is 0 Å². The van der Waals surface area contributed by atoms with E-state index in [1.54, 1.807) is 7.11 Å². The van der Waals surface area contributed by atoms with E-state index in [9.17, 15) is 18.7 Å². The quantitative estimate of drug-likeness (QED) is 0.527. The zero-order valence-corrected chi connectivity index (χ0v) is 16.7. The number of carbonyl (C=O) groups is 1. The third kappa shape index (κ3) is 5.67. The van der Waals surface area contributed by atoms with Crippen molar-refractivity contribution >= 4 is 6.09 Å². The molecule has 0 aliphatic heterocycles. The van der Waals surface area contributed by atoms with E-state index in [2.05, 4.69) is 10.6 Å². The second-order valence-corrected chi connectivity index (χ2v) is 7.52. The van der Waals surface area contributed by atoms with Crippen molar-refractivity contribution in [2.45, 2.75) is 43.9 Å². The molecule has 3 rings (SSSR count). The highest BCUT2D eigenvalue weighted by Gasteiger charge is 2.25. The van der Waals surface area contributed by atoms with Gasteiger partial charge >= 0.3 is 6.09 Å². The molecule has 1 aliphatic rings. The molecule has 2 aromatic carbocycles. The SMILES string of the molecule is COc1ccc2c(c1)C(NC[C@H](O)[C@H](Cc1cc(F)cc(F)c1)NC(=O)O)CCC2. The van der Waals surface area contributed by atoms with Gasteiger partial charge in [-0.1, -0.05) is 6.07 Å². The number of fused-ring (bicyclic) bond motifs is 1. The maximum absolute atomic E-state index is 13.5. The van der Waals surface area contributed by atoms with Crippen molar-refractivity contribution in [1.82, 2.24) is 10.6 Å². The monoisotopic (exact) mass is 420 g/mol. The van der Waals surface area contributed by atoms with E-state index in [4.69, 9.17) is 9.84 Å². The Bertz CT molecular complexity index is 873. The van der Waals surface area contributed by atoms with Gasteiger partial charge in [0, 0.05) is 18.7 Å². The normalized spacial score (nSPS) is 17.7. The number of amides is 1. The predicted molar refractivity (Wildman–Crippen MR) is 108 cm³/mol. The van der Waals surface area contributed by atoms with Gasteiger partial charge < -0.3 is 25.6 Å². The van der Waals surface area contributed by atoms with E-state index in [1.165, 1.54) is 5.56 Å². The van der Waals surface area contributed by atoms with E-state index in [1.807, 2.05) is 18.2 Å². The van der Waals surface area contributed by atoms with Crippen LogP contribution in [0.25, 0.3) is 0 Å². The summed E-state index contributed by atoms with van der Waals surface area (Å²) in [5, 5.41) is 25.3. The molecule has 0 fully saturated rings. The number of halogens is 2. The minimum Gasteiger partial charge on any atom is -0.497 e. The fourth-order valence-corrected chi connectivity index (χ4v) is 3.95. The van der Waals surface area contributed by atoms with Gasteiger partial charge in [0.15, 0.2) is 0 Å². The number of ether oxygens (including phenoxy) is 1. The zero-order chi connectivity index (χ0) is 21.7. The van der Waals surface area contributed by atoms with Gasteiger partial charge in [-0.3, -0.25) is 0 Å². The number of hydrogen-bond donors (Lipinski definition) is 4. The van der Waals surface area contributed by atoms with Crippen molar-refractivity contribution in [1.29, 1.82) is 0 Å². The first-order valence-electron chi connectivity index (χ1n) is 9.88. The second-order valence-electron chi connectivity index (χ2n) is 7.52. The summed E-state index contributed by atoms with van der Waals surface area (Å²) in [5.41, 5.74) is 2.57. The van der Waals surface area contributed by atoms with Crippen molar-refractivity contribution < 1.29 is 28.5 Å². The molecule has 1 unspecified atom stereocenters. The second kappa shape index (κ2) is 9.86. The molecule has 1 amide bonds. The highest BCUT2D eigenvalue weighted by molar-refractivity contribution is 5.65. The van der Waals surface area contributed by atoms with E-state index in [-0.39, 0.29) is 24.6 Å². The fourth-order valence-electron chi connectivity index (χ4n) is 3.95. The number of methoxy groups -OCH3 is 1. The molecule has 4 N–H and O–H groups in total. The van der Waals surface area contributed by atoms with Gasteiger partial charge in [0.1, 0.15) is 17.4 Å². The number of aliphatic hydroxyl groups excluding tert-OH is 1. The van der Waals surface area contributed by atoms with Crippen LogP contribution in [0.4, 0.5) is 13.6 Å². The molecule has 3 atom stereocenters. The molecule has 8 heteroatoms. The molecule has 30 heavy (non-hydrogen) atoms. The third-order valence-corrected chi connectivity index (χ3v) is 5.39. The molecule has 0 saturated heterocycles. The van der Waals surface area contributed by atoms with Crippen molar-refractivity contribution in [3.05, 3.63) is 64.7 Å². The minimum atomic E-state index is -1.32. The largest absolute Gasteiger partial charge is 0.497 e. The minimum absolute atomic E-state index is 0.00408. The average molecular weight is 420 g/mol. The van der Waals surface area contributed by atoms with Crippen LogP contribution in [0, 0.1) is 11.6 Å². The summed E-state index contributed by atoms with van der Waals surface area (Å²) >= 11 is 0.